The minimum Gasteiger partial charge on any atom is -0.494 e. The molecule has 1 fully saturated rings. The maximum absolute atomic E-state index is 13.3. The van der Waals surface area contributed by atoms with Crippen LogP contribution in [0.25, 0.3) is 0 Å². The molecule has 1 amide bonds. The highest BCUT2D eigenvalue weighted by Gasteiger charge is 2.47. The molecule has 0 radical (unpaired) electrons. The molecule has 27 heavy (non-hydrogen) atoms. The summed E-state index contributed by atoms with van der Waals surface area (Å²) < 4.78 is 18.6. The number of carbonyl (C=O) groups is 1. The van der Waals surface area contributed by atoms with Crippen LogP contribution in [-0.2, 0) is 5.41 Å². The van der Waals surface area contributed by atoms with Gasteiger partial charge in [0.2, 0.25) is 5.95 Å². The van der Waals surface area contributed by atoms with Crippen LogP contribution in [0.2, 0.25) is 0 Å². The summed E-state index contributed by atoms with van der Waals surface area (Å²) in [7, 11) is 1.47. The molecule has 2 heterocycles. The molecule has 2 N–H and O–H groups in total. The molecular formula is C20H24FN3O3. The maximum Gasteiger partial charge on any atom is 0.407 e. The Labute approximate surface area is 158 Å². The summed E-state index contributed by atoms with van der Waals surface area (Å²) in [6, 6.07) is 9.36. The molecule has 1 aromatic carbocycles. The number of amides is 1. The van der Waals surface area contributed by atoms with Crippen LogP contribution in [0.3, 0.4) is 0 Å². The van der Waals surface area contributed by atoms with Gasteiger partial charge in [0.15, 0.2) is 0 Å². The smallest absolute Gasteiger partial charge is 0.407 e. The lowest BCUT2D eigenvalue weighted by molar-refractivity contribution is 0.0650. The number of halogens is 1. The second-order valence-electron chi connectivity index (χ2n) is 7.22. The highest BCUT2D eigenvalue weighted by Crippen LogP contribution is 2.39. The summed E-state index contributed by atoms with van der Waals surface area (Å²) in [6.07, 6.45) is 0.470. The van der Waals surface area contributed by atoms with Gasteiger partial charge < -0.3 is 20.1 Å². The normalized spacial score (nSPS) is 15.4. The molecule has 2 aromatic rings. The number of ether oxygens (including phenoxy) is 1. The first-order chi connectivity index (χ1) is 12.9. The summed E-state index contributed by atoms with van der Waals surface area (Å²) in [5.41, 5.74) is 2.56. The van der Waals surface area contributed by atoms with E-state index in [2.05, 4.69) is 36.3 Å². The maximum atomic E-state index is 13.3. The van der Waals surface area contributed by atoms with Gasteiger partial charge in [-0.15, -0.1) is 0 Å². The van der Waals surface area contributed by atoms with Crippen LogP contribution in [0.5, 0.6) is 5.75 Å². The van der Waals surface area contributed by atoms with Crippen molar-refractivity contribution in [2.24, 2.45) is 0 Å². The summed E-state index contributed by atoms with van der Waals surface area (Å²) >= 11 is 0. The number of aromatic nitrogens is 1. The molecule has 144 valence electrons. The van der Waals surface area contributed by atoms with E-state index in [1.165, 1.54) is 29.8 Å². The van der Waals surface area contributed by atoms with Crippen molar-refractivity contribution in [3.8, 4) is 5.75 Å². The number of hydrogen-bond donors (Lipinski definition) is 2. The first-order valence-electron chi connectivity index (χ1n) is 8.87. The summed E-state index contributed by atoms with van der Waals surface area (Å²) in [6.45, 7) is 5.54. The minimum atomic E-state index is -0.923. The Morgan fingerprint density at radius 1 is 1.41 bits per heavy atom. The van der Waals surface area contributed by atoms with Gasteiger partial charge in [0.05, 0.1) is 19.0 Å². The average Bonchev–Trinajstić information content (AvgIpc) is 2.61. The first-order valence-corrected chi connectivity index (χ1v) is 8.87. The lowest BCUT2D eigenvalue weighted by Gasteiger charge is -2.50. The molecule has 7 heteroatoms. The fourth-order valence-corrected chi connectivity index (χ4v) is 3.66. The highest BCUT2D eigenvalue weighted by molar-refractivity contribution is 5.68. The number of anilines is 1. The second kappa shape index (κ2) is 7.42. The van der Waals surface area contributed by atoms with Crippen molar-refractivity contribution in [3.63, 3.8) is 0 Å². The molecule has 1 aromatic heterocycles. The van der Waals surface area contributed by atoms with Crippen LogP contribution in [0.15, 0.2) is 36.5 Å². The van der Waals surface area contributed by atoms with E-state index in [4.69, 9.17) is 4.74 Å². The van der Waals surface area contributed by atoms with Gasteiger partial charge in [-0.05, 0) is 17.0 Å². The van der Waals surface area contributed by atoms with Crippen molar-refractivity contribution in [2.75, 3.05) is 32.1 Å². The van der Waals surface area contributed by atoms with Crippen LogP contribution >= 0.6 is 0 Å². The molecule has 0 aliphatic carbocycles. The Balaban J connectivity index is 1.91. The monoisotopic (exact) mass is 373 g/mol. The third-order valence-electron chi connectivity index (χ3n) is 5.08. The Hall–Kier alpha value is -2.83. The van der Waals surface area contributed by atoms with Gasteiger partial charge in [-0.3, -0.25) is 0 Å². The molecule has 6 nitrogen and oxygen atoms in total. The zero-order valence-electron chi connectivity index (χ0n) is 15.7. The number of carboxylic acid groups (broad SMARTS) is 1. The molecule has 3 rings (SSSR count). The van der Waals surface area contributed by atoms with Crippen molar-refractivity contribution >= 4 is 11.8 Å². The third kappa shape index (κ3) is 3.67. The molecule has 0 spiro atoms. The van der Waals surface area contributed by atoms with Gasteiger partial charge in [-0.1, -0.05) is 38.1 Å². The zero-order chi connectivity index (χ0) is 19.6. The van der Waals surface area contributed by atoms with E-state index in [1.54, 1.807) is 0 Å². The average molecular weight is 373 g/mol. The molecule has 1 aliphatic heterocycles. The standard InChI is InChI=1S/C20H24FN3O3/c1-13(2)14-6-4-5-7-15(14)20(11-24(12-20)19(25)26)10-23-16-9-22-18(21)8-17(16)27-3/h4-9,13,23H,10-12H2,1-3H3,(H,25,26). The number of benzene rings is 1. The molecule has 0 saturated carbocycles. The Morgan fingerprint density at radius 2 is 2.11 bits per heavy atom. The fourth-order valence-electron chi connectivity index (χ4n) is 3.66. The van der Waals surface area contributed by atoms with Crippen LogP contribution in [0.1, 0.15) is 30.9 Å². The first kappa shape index (κ1) is 18.9. The zero-order valence-corrected chi connectivity index (χ0v) is 15.7. The van der Waals surface area contributed by atoms with Gasteiger partial charge >= 0.3 is 6.09 Å². The van der Waals surface area contributed by atoms with E-state index in [0.717, 1.165) is 5.56 Å². The molecule has 1 aliphatic rings. The van der Waals surface area contributed by atoms with Gasteiger partial charge in [-0.2, -0.15) is 4.39 Å². The van der Waals surface area contributed by atoms with Gasteiger partial charge in [-0.25, -0.2) is 9.78 Å². The largest absolute Gasteiger partial charge is 0.494 e. The van der Waals surface area contributed by atoms with Crippen LogP contribution in [0, 0.1) is 5.95 Å². The molecular weight excluding hydrogens is 349 g/mol. The number of rotatable bonds is 6. The van der Waals surface area contributed by atoms with Crippen LogP contribution in [-0.4, -0.2) is 47.8 Å². The van der Waals surface area contributed by atoms with E-state index in [0.29, 0.717) is 37.0 Å². The topological polar surface area (TPSA) is 74.7 Å². The lowest BCUT2D eigenvalue weighted by Crippen LogP contribution is -2.64. The van der Waals surface area contributed by atoms with Gasteiger partial charge in [0.25, 0.3) is 0 Å². The van der Waals surface area contributed by atoms with Crippen molar-refractivity contribution in [3.05, 3.63) is 53.6 Å². The number of hydrogen-bond acceptors (Lipinski definition) is 4. The Morgan fingerprint density at radius 3 is 2.74 bits per heavy atom. The fraction of sp³-hybridized carbons (Fsp3) is 0.400. The Kier molecular flexibility index (Phi) is 5.21. The van der Waals surface area contributed by atoms with Gasteiger partial charge in [0, 0.05) is 31.1 Å². The van der Waals surface area contributed by atoms with E-state index < -0.39 is 12.0 Å². The number of methoxy groups -OCH3 is 1. The molecule has 0 bridgehead atoms. The molecule has 1 saturated heterocycles. The summed E-state index contributed by atoms with van der Waals surface area (Å²) in [5.74, 6) is 0.0705. The lowest BCUT2D eigenvalue weighted by atomic mass is 9.70. The Bertz CT molecular complexity index is 835. The number of nitrogens with one attached hydrogen (secondary N) is 1. The minimum absolute atomic E-state index is 0.318. The predicted molar refractivity (Wildman–Crippen MR) is 101 cm³/mol. The van der Waals surface area contributed by atoms with E-state index in [1.807, 2.05) is 12.1 Å². The van der Waals surface area contributed by atoms with E-state index in [9.17, 15) is 14.3 Å². The predicted octanol–water partition coefficient (Wildman–Crippen LogP) is 3.70. The van der Waals surface area contributed by atoms with Crippen molar-refractivity contribution < 1.29 is 19.0 Å². The van der Waals surface area contributed by atoms with Crippen molar-refractivity contribution in [1.29, 1.82) is 0 Å². The van der Waals surface area contributed by atoms with Crippen LogP contribution in [0.4, 0.5) is 14.9 Å². The summed E-state index contributed by atoms with van der Waals surface area (Å²) in [4.78, 5) is 16.4. The van der Waals surface area contributed by atoms with Gasteiger partial charge in [0.1, 0.15) is 5.75 Å². The summed E-state index contributed by atoms with van der Waals surface area (Å²) in [5, 5.41) is 12.6. The van der Waals surface area contributed by atoms with E-state index >= 15 is 0 Å². The second-order valence-corrected chi connectivity index (χ2v) is 7.22. The number of likely N-dealkylation sites (tertiary alicyclic amines) is 1. The SMILES string of the molecule is COc1cc(F)ncc1NCC1(c2ccccc2C(C)C)CN(C(=O)O)C1. The molecule has 0 unspecified atom stereocenters. The van der Waals surface area contributed by atoms with E-state index in [-0.39, 0.29) is 5.41 Å². The van der Waals surface area contributed by atoms with Crippen molar-refractivity contribution in [1.82, 2.24) is 9.88 Å². The van der Waals surface area contributed by atoms with Crippen LogP contribution < -0.4 is 10.1 Å². The highest BCUT2D eigenvalue weighted by atomic mass is 19.1. The third-order valence-corrected chi connectivity index (χ3v) is 5.08. The quantitative estimate of drug-likeness (QED) is 0.756. The number of pyridine rings is 1. The van der Waals surface area contributed by atoms with Crippen molar-refractivity contribution in [2.45, 2.75) is 25.2 Å². The molecule has 0 atom stereocenters. The number of nitrogens with zero attached hydrogens (tertiary/aromatic N) is 2.